The van der Waals surface area contributed by atoms with E-state index >= 15 is 0 Å². The van der Waals surface area contributed by atoms with Crippen molar-refractivity contribution in [3.05, 3.63) is 10.1 Å². The molecule has 1 fully saturated rings. The van der Waals surface area contributed by atoms with Crippen LogP contribution in [0, 0.1) is 16.0 Å². The van der Waals surface area contributed by atoms with Crippen LogP contribution < -0.4 is 0 Å². The Balaban J connectivity index is 2.34. The van der Waals surface area contributed by atoms with Crippen LogP contribution in [0.1, 0.15) is 12.8 Å². The summed E-state index contributed by atoms with van der Waals surface area (Å²) in [6, 6.07) is 0. The Hall–Kier alpha value is -0.650. The molecule has 0 amide bonds. The van der Waals surface area contributed by atoms with Crippen LogP contribution >= 0.6 is 0 Å². The molecule has 0 radical (unpaired) electrons. The third kappa shape index (κ3) is 2.77. The normalized spacial score (nSPS) is 27.2. The smallest absolute Gasteiger partial charge is 0.204 e. The predicted molar refractivity (Wildman–Crippen MR) is 43.2 cm³/mol. The third-order valence-corrected chi connectivity index (χ3v) is 3.88. The fourth-order valence-corrected chi connectivity index (χ4v) is 3.30. The summed E-state index contributed by atoms with van der Waals surface area (Å²) in [5, 5.41) is 9.97. The summed E-state index contributed by atoms with van der Waals surface area (Å²) in [6.45, 7) is -0.111. The van der Waals surface area contributed by atoms with Gasteiger partial charge in [0.1, 0.15) is 0 Å². The maximum absolute atomic E-state index is 10.9. The SMILES string of the molecule is O=[N+]([O-])CCC1CCS(=O)(=O)C1. The third-order valence-electron chi connectivity index (χ3n) is 2.05. The molecule has 0 N–H and O–H groups in total. The molecular weight excluding hydrogens is 182 g/mol. The minimum absolute atomic E-state index is 0.0143. The number of hydrogen-bond acceptors (Lipinski definition) is 4. The molecule has 1 aliphatic rings. The van der Waals surface area contributed by atoms with Crippen LogP contribution in [0.5, 0.6) is 0 Å². The fourth-order valence-electron chi connectivity index (χ4n) is 1.39. The molecular formula is C6H11NO4S. The molecule has 1 aliphatic heterocycles. The lowest BCUT2D eigenvalue weighted by Gasteiger charge is -2.01. The molecule has 0 saturated carbocycles. The monoisotopic (exact) mass is 193 g/mol. The van der Waals surface area contributed by atoms with Crippen molar-refractivity contribution in [2.45, 2.75) is 12.8 Å². The lowest BCUT2D eigenvalue weighted by atomic mass is 10.1. The first-order valence-electron chi connectivity index (χ1n) is 3.82. The second kappa shape index (κ2) is 3.38. The number of hydrogen-bond donors (Lipinski definition) is 0. The highest BCUT2D eigenvalue weighted by Gasteiger charge is 2.28. The van der Waals surface area contributed by atoms with Crippen molar-refractivity contribution in [2.75, 3.05) is 18.1 Å². The van der Waals surface area contributed by atoms with Crippen LogP contribution in [0.15, 0.2) is 0 Å². The molecule has 1 unspecified atom stereocenters. The van der Waals surface area contributed by atoms with Crippen LogP contribution in [0.3, 0.4) is 0 Å². The number of sulfone groups is 1. The molecule has 0 aromatic rings. The average molecular weight is 193 g/mol. The second-order valence-corrected chi connectivity index (χ2v) is 5.34. The van der Waals surface area contributed by atoms with E-state index in [1.807, 2.05) is 0 Å². The summed E-state index contributed by atoms with van der Waals surface area (Å²) in [6.07, 6.45) is 0.988. The first-order chi connectivity index (χ1) is 5.49. The Morgan fingerprint density at radius 1 is 1.50 bits per heavy atom. The minimum Gasteiger partial charge on any atom is -0.265 e. The van der Waals surface area contributed by atoms with Crippen LogP contribution in [-0.2, 0) is 9.84 Å². The summed E-state index contributed by atoms with van der Waals surface area (Å²) in [5.41, 5.74) is 0. The van der Waals surface area contributed by atoms with Gasteiger partial charge >= 0.3 is 0 Å². The molecule has 70 valence electrons. The van der Waals surface area contributed by atoms with Crippen LogP contribution in [0.4, 0.5) is 0 Å². The van der Waals surface area contributed by atoms with Gasteiger partial charge in [-0.15, -0.1) is 0 Å². The van der Waals surface area contributed by atoms with E-state index < -0.39 is 14.8 Å². The van der Waals surface area contributed by atoms with Gasteiger partial charge in [0.05, 0.1) is 11.5 Å². The standard InChI is InChI=1S/C6H11NO4S/c8-7(9)3-1-6-2-4-12(10,11)5-6/h6H,1-5H2. The maximum Gasteiger partial charge on any atom is 0.204 e. The molecule has 5 nitrogen and oxygen atoms in total. The van der Waals surface area contributed by atoms with Crippen molar-refractivity contribution in [3.63, 3.8) is 0 Å². The van der Waals surface area contributed by atoms with Crippen molar-refractivity contribution in [3.8, 4) is 0 Å². The van der Waals surface area contributed by atoms with E-state index in [1.165, 1.54) is 0 Å². The topological polar surface area (TPSA) is 77.3 Å². The lowest BCUT2D eigenvalue weighted by molar-refractivity contribution is -0.481. The number of rotatable bonds is 3. The first-order valence-corrected chi connectivity index (χ1v) is 5.64. The zero-order valence-electron chi connectivity index (χ0n) is 6.60. The Bertz CT molecular complexity index is 271. The van der Waals surface area contributed by atoms with E-state index in [0.29, 0.717) is 12.8 Å². The van der Waals surface area contributed by atoms with Crippen molar-refractivity contribution >= 4 is 9.84 Å². The Labute approximate surface area is 70.8 Å². The molecule has 0 aromatic carbocycles. The van der Waals surface area contributed by atoms with Gasteiger partial charge in [0, 0.05) is 11.3 Å². The number of nitro groups is 1. The Morgan fingerprint density at radius 2 is 2.17 bits per heavy atom. The highest BCUT2D eigenvalue weighted by Crippen LogP contribution is 2.21. The Kier molecular flexibility index (Phi) is 2.66. The zero-order valence-corrected chi connectivity index (χ0v) is 7.42. The van der Waals surface area contributed by atoms with Crippen molar-refractivity contribution in [2.24, 2.45) is 5.92 Å². The van der Waals surface area contributed by atoms with Gasteiger partial charge in [-0.3, -0.25) is 10.1 Å². The first kappa shape index (κ1) is 9.44. The molecule has 0 bridgehead atoms. The van der Waals surface area contributed by atoms with Crippen LogP contribution in [0.25, 0.3) is 0 Å². The van der Waals surface area contributed by atoms with Gasteiger partial charge in [0.25, 0.3) is 0 Å². The summed E-state index contributed by atoms with van der Waals surface area (Å²) in [5.74, 6) is 0.358. The summed E-state index contributed by atoms with van der Waals surface area (Å²) < 4.78 is 21.8. The van der Waals surface area contributed by atoms with E-state index in [4.69, 9.17) is 0 Å². The molecule has 1 saturated heterocycles. The highest BCUT2D eigenvalue weighted by molar-refractivity contribution is 7.91. The molecule has 0 aliphatic carbocycles. The second-order valence-electron chi connectivity index (χ2n) is 3.11. The van der Waals surface area contributed by atoms with Crippen molar-refractivity contribution in [1.82, 2.24) is 0 Å². The Morgan fingerprint density at radius 3 is 2.58 bits per heavy atom. The van der Waals surface area contributed by atoms with Crippen molar-refractivity contribution in [1.29, 1.82) is 0 Å². The predicted octanol–water partition coefficient (Wildman–Crippen LogP) is 0.0879. The van der Waals surface area contributed by atoms with Gasteiger partial charge in [-0.1, -0.05) is 0 Å². The average Bonchev–Trinajstić information content (AvgIpc) is 2.26. The molecule has 6 heteroatoms. The lowest BCUT2D eigenvalue weighted by Crippen LogP contribution is -2.10. The van der Waals surface area contributed by atoms with Crippen LogP contribution in [0.2, 0.25) is 0 Å². The van der Waals surface area contributed by atoms with E-state index in [1.54, 1.807) is 0 Å². The molecule has 1 rings (SSSR count). The molecule has 1 atom stereocenters. The highest BCUT2D eigenvalue weighted by atomic mass is 32.2. The van der Waals surface area contributed by atoms with Crippen LogP contribution in [-0.4, -0.2) is 31.4 Å². The largest absolute Gasteiger partial charge is 0.265 e. The number of nitrogens with zero attached hydrogens (tertiary/aromatic N) is 1. The summed E-state index contributed by atoms with van der Waals surface area (Å²) in [7, 11) is -2.87. The minimum atomic E-state index is -2.87. The van der Waals surface area contributed by atoms with Gasteiger partial charge < -0.3 is 0 Å². The maximum atomic E-state index is 10.9. The van der Waals surface area contributed by atoms with E-state index in [9.17, 15) is 18.5 Å². The van der Waals surface area contributed by atoms with Gasteiger partial charge in [0.15, 0.2) is 9.84 Å². The zero-order chi connectivity index (χ0) is 9.19. The molecule has 0 aromatic heterocycles. The van der Waals surface area contributed by atoms with E-state index in [2.05, 4.69) is 0 Å². The van der Waals surface area contributed by atoms with Gasteiger partial charge in [-0.25, -0.2) is 8.42 Å². The van der Waals surface area contributed by atoms with Gasteiger partial charge in [-0.05, 0) is 12.3 Å². The van der Waals surface area contributed by atoms with Gasteiger partial charge in [-0.2, -0.15) is 0 Å². The van der Waals surface area contributed by atoms with E-state index in [0.717, 1.165) is 0 Å². The quantitative estimate of drug-likeness (QED) is 0.470. The van der Waals surface area contributed by atoms with Crippen molar-refractivity contribution < 1.29 is 13.3 Å². The summed E-state index contributed by atoms with van der Waals surface area (Å²) >= 11 is 0. The molecule has 12 heavy (non-hydrogen) atoms. The van der Waals surface area contributed by atoms with Gasteiger partial charge in [0.2, 0.25) is 6.54 Å². The fraction of sp³-hybridized carbons (Fsp3) is 1.00. The molecule has 0 spiro atoms. The molecule has 1 heterocycles. The van der Waals surface area contributed by atoms with E-state index in [-0.39, 0.29) is 24.0 Å². The summed E-state index contributed by atoms with van der Waals surface area (Å²) in [4.78, 5) is 9.58.